The number of aryl methyl sites for hydroxylation is 1. The molecule has 0 aromatic carbocycles. The van der Waals surface area contributed by atoms with E-state index < -0.39 is 0 Å². The molecule has 2 fully saturated rings. The fraction of sp³-hybridized carbons (Fsp3) is 0.600. The number of piperidine rings is 2. The van der Waals surface area contributed by atoms with Gasteiger partial charge < -0.3 is 9.42 Å². The maximum Gasteiger partial charge on any atom is 0.236 e. The van der Waals surface area contributed by atoms with Gasteiger partial charge in [-0.15, -0.1) is 0 Å². The third-order valence-corrected chi connectivity index (χ3v) is 5.60. The van der Waals surface area contributed by atoms with E-state index in [-0.39, 0.29) is 11.8 Å². The topological polar surface area (TPSA) is 75.4 Å². The molecule has 0 radical (unpaired) electrons. The Morgan fingerprint density at radius 2 is 2.07 bits per heavy atom. The number of amides is 1. The van der Waals surface area contributed by atoms with Crippen molar-refractivity contribution < 1.29 is 9.32 Å². The molecule has 0 aliphatic carbocycles. The minimum absolute atomic E-state index is 0.268. The highest BCUT2D eigenvalue weighted by Gasteiger charge is 2.28. The molecule has 4 heterocycles. The highest BCUT2D eigenvalue weighted by atomic mass is 16.5. The zero-order valence-corrected chi connectivity index (χ0v) is 15.9. The third-order valence-electron chi connectivity index (χ3n) is 5.60. The standard InChI is InChI=1S/C20H27N5O2/c1-15-10-18(27-23-15)17-11-21-14-22-20(17)16-6-5-7-24(12-16)13-19(26)25-8-3-2-4-9-25/h10-11,14,16H,2-9,12-13H2,1H3/t16-/m1/s1. The maximum absolute atomic E-state index is 12.6. The first-order valence-corrected chi connectivity index (χ1v) is 9.94. The van der Waals surface area contributed by atoms with Crippen molar-refractivity contribution >= 4 is 5.91 Å². The fourth-order valence-electron chi connectivity index (χ4n) is 4.20. The molecule has 4 rings (SSSR count). The second kappa shape index (κ2) is 8.17. The molecule has 27 heavy (non-hydrogen) atoms. The molecular formula is C20H27N5O2. The van der Waals surface area contributed by atoms with E-state index in [1.165, 1.54) is 6.42 Å². The van der Waals surface area contributed by atoms with Gasteiger partial charge >= 0.3 is 0 Å². The lowest BCUT2D eigenvalue weighted by Gasteiger charge is -2.34. The van der Waals surface area contributed by atoms with Gasteiger partial charge in [0.25, 0.3) is 0 Å². The Kier molecular flexibility index (Phi) is 5.48. The number of rotatable bonds is 4. The molecule has 0 bridgehead atoms. The first kappa shape index (κ1) is 18.1. The molecule has 0 saturated carbocycles. The van der Waals surface area contributed by atoms with Gasteiger partial charge in [-0.2, -0.15) is 0 Å². The number of carbonyl (C=O) groups is 1. The van der Waals surface area contributed by atoms with E-state index in [0.29, 0.717) is 12.3 Å². The van der Waals surface area contributed by atoms with Crippen molar-refractivity contribution in [3.63, 3.8) is 0 Å². The van der Waals surface area contributed by atoms with Crippen LogP contribution in [0, 0.1) is 6.92 Å². The number of nitrogens with zero attached hydrogens (tertiary/aromatic N) is 5. The molecular weight excluding hydrogens is 342 g/mol. The molecule has 1 atom stereocenters. The highest BCUT2D eigenvalue weighted by molar-refractivity contribution is 5.78. The van der Waals surface area contributed by atoms with Crippen LogP contribution < -0.4 is 0 Å². The predicted molar refractivity (Wildman–Crippen MR) is 101 cm³/mol. The van der Waals surface area contributed by atoms with Crippen LogP contribution in [0.25, 0.3) is 11.3 Å². The van der Waals surface area contributed by atoms with Gasteiger partial charge in [0.1, 0.15) is 6.33 Å². The minimum atomic E-state index is 0.268. The molecule has 2 aromatic rings. The van der Waals surface area contributed by atoms with Crippen LogP contribution in [-0.2, 0) is 4.79 Å². The molecule has 1 amide bonds. The number of hydrogen-bond donors (Lipinski definition) is 0. The summed E-state index contributed by atoms with van der Waals surface area (Å²) in [4.78, 5) is 25.7. The van der Waals surface area contributed by atoms with Gasteiger partial charge in [-0.25, -0.2) is 9.97 Å². The van der Waals surface area contributed by atoms with Crippen molar-refractivity contribution in [2.75, 3.05) is 32.7 Å². The Labute approximate surface area is 159 Å². The van der Waals surface area contributed by atoms with Crippen LogP contribution in [0.3, 0.4) is 0 Å². The van der Waals surface area contributed by atoms with Crippen molar-refractivity contribution in [2.24, 2.45) is 0 Å². The number of likely N-dealkylation sites (tertiary alicyclic amines) is 2. The summed E-state index contributed by atoms with van der Waals surface area (Å²) in [5.41, 5.74) is 2.75. The summed E-state index contributed by atoms with van der Waals surface area (Å²) in [5, 5.41) is 3.99. The lowest BCUT2D eigenvalue weighted by atomic mass is 9.91. The van der Waals surface area contributed by atoms with Gasteiger partial charge in [0, 0.05) is 37.8 Å². The van der Waals surface area contributed by atoms with Crippen molar-refractivity contribution in [2.45, 2.75) is 44.9 Å². The Bertz CT molecular complexity index is 784. The quantitative estimate of drug-likeness (QED) is 0.825. The molecule has 0 spiro atoms. The average Bonchev–Trinajstić information content (AvgIpc) is 3.15. The summed E-state index contributed by atoms with van der Waals surface area (Å²) in [7, 11) is 0. The molecule has 144 valence electrons. The van der Waals surface area contributed by atoms with Crippen molar-refractivity contribution in [1.29, 1.82) is 0 Å². The third kappa shape index (κ3) is 4.18. The molecule has 7 heteroatoms. The van der Waals surface area contributed by atoms with Crippen LogP contribution in [0.4, 0.5) is 0 Å². The van der Waals surface area contributed by atoms with Crippen LogP contribution in [0.5, 0.6) is 0 Å². The van der Waals surface area contributed by atoms with E-state index in [0.717, 1.165) is 68.8 Å². The molecule has 2 aliphatic heterocycles. The van der Waals surface area contributed by atoms with Crippen LogP contribution >= 0.6 is 0 Å². The van der Waals surface area contributed by atoms with Gasteiger partial charge in [0.05, 0.1) is 23.5 Å². The van der Waals surface area contributed by atoms with Gasteiger partial charge in [0.2, 0.25) is 5.91 Å². The summed E-state index contributed by atoms with van der Waals surface area (Å²) in [6.45, 7) is 6.06. The van der Waals surface area contributed by atoms with Crippen molar-refractivity contribution in [3.05, 3.63) is 30.0 Å². The highest BCUT2D eigenvalue weighted by Crippen LogP contribution is 2.32. The average molecular weight is 369 g/mol. The molecule has 7 nitrogen and oxygen atoms in total. The van der Waals surface area contributed by atoms with E-state index in [1.807, 2.05) is 17.9 Å². The Balaban J connectivity index is 1.46. The summed E-state index contributed by atoms with van der Waals surface area (Å²) >= 11 is 0. The van der Waals surface area contributed by atoms with Crippen molar-refractivity contribution in [3.8, 4) is 11.3 Å². The zero-order valence-electron chi connectivity index (χ0n) is 15.9. The molecule has 2 saturated heterocycles. The maximum atomic E-state index is 12.6. The van der Waals surface area contributed by atoms with Crippen LogP contribution in [0.2, 0.25) is 0 Å². The number of carbonyl (C=O) groups excluding carboxylic acids is 1. The minimum Gasteiger partial charge on any atom is -0.356 e. The van der Waals surface area contributed by atoms with Crippen LogP contribution in [0.1, 0.15) is 49.4 Å². The van der Waals surface area contributed by atoms with Gasteiger partial charge in [-0.05, 0) is 45.6 Å². The lowest BCUT2D eigenvalue weighted by Crippen LogP contribution is -2.45. The summed E-state index contributed by atoms with van der Waals surface area (Å²) in [5.74, 6) is 1.25. The Hall–Kier alpha value is -2.28. The smallest absolute Gasteiger partial charge is 0.236 e. The normalized spacial score (nSPS) is 21.4. The van der Waals surface area contributed by atoms with E-state index >= 15 is 0 Å². The van der Waals surface area contributed by atoms with E-state index in [4.69, 9.17) is 4.52 Å². The van der Waals surface area contributed by atoms with Crippen molar-refractivity contribution in [1.82, 2.24) is 24.9 Å². The zero-order chi connectivity index (χ0) is 18.6. The Morgan fingerprint density at radius 1 is 1.22 bits per heavy atom. The fourth-order valence-corrected chi connectivity index (χ4v) is 4.20. The molecule has 0 N–H and O–H groups in total. The molecule has 2 aliphatic rings. The van der Waals surface area contributed by atoms with Gasteiger partial charge in [0.15, 0.2) is 5.76 Å². The predicted octanol–water partition coefficient (Wildman–Crippen LogP) is 2.63. The molecule has 0 unspecified atom stereocenters. The number of hydrogen-bond acceptors (Lipinski definition) is 6. The summed E-state index contributed by atoms with van der Waals surface area (Å²) in [6.07, 6.45) is 9.04. The second-order valence-corrected chi connectivity index (χ2v) is 7.67. The van der Waals surface area contributed by atoms with Crippen LogP contribution in [0.15, 0.2) is 23.1 Å². The monoisotopic (exact) mass is 369 g/mol. The lowest BCUT2D eigenvalue weighted by molar-refractivity contribution is -0.133. The largest absolute Gasteiger partial charge is 0.356 e. The summed E-state index contributed by atoms with van der Waals surface area (Å²) < 4.78 is 5.45. The Morgan fingerprint density at radius 3 is 2.85 bits per heavy atom. The van der Waals surface area contributed by atoms with Gasteiger partial charge in [-0.1, -0.05) is 5.16 Å². The summed E-state index contributed by atoms with van der Waals surface area (Å²) in [6, 6.07) is 1.92. The van der Waals surface area contributed by atoms with Crippen LogP contribution in [-0.4, -0.2) is 63.6 Å². The SMILES string of the molecule is Cc1cc(-c2cncnc2[C@@H]2CCCN(CC(=O)N3CCCCC3)C2)on1. The van der Waals surface area contributed by atoms with E-state index in [1.54, 1.807) is 12.5 Å². The molecule has 2 aromatic heterocycles. The number of aromatic nitrogens is 3. The van der Waals surface area contributed by atoms with E-state index in [2.05, 4.69) is 20.0 Å². The first-order valence-electron chi connectivity index (χ1n) is 9.94. The second-order valence-electron chi connectivity index (χ2n) is 7.67. The van der Waals surface area contributed by atoms with Gasteiger partial charge in [-0.3, -0.25) is 9.69 Å². The first-order chi connectivity index (χ1) is 13.2. The van der Waals surface area contributed by atoms with E-state index in [9.17, 15) is 4.79 Å².